The molecule has 1 aromatic carbocycles. The number of carbonyl (C=O) groups is 1. The molecular formula is C23H23N5O2. The molecule has 7 heteroatoms. The van der Waals surface area contributed by atoms with Crippen molar-refractivity contribution in [1.82, 2.24) is 14.9 Å². The van der Waals surface area contributed by atoms with Gasteiger partial charge in [-0.1, -0.05) is 24.6 Å². The van der Waals surface area contributed by atoms with Crippen molar-refractivity contribution >= 4 is 28.3 Å². The van der Waals surface area contributed by atoms with Gasteiger partial charge in [0.1, 0.15) is 23.1 Å². The van der Waals surface area contributed by atoms with Crippen LogP contribution in [0.15, 0.2) is 51.3 Å². The van der Waals surface area contributed by atoms with Crippen molar-refractivity contribution in [1.29, 1.82) is 0 Å². The molecule has 0 spiro atoms. The van der Waals surface area contributed by atoms with Crippen molar-refractivity contribution in [2.75, 3.05) is 6.54 Å². The van der Waals surface area contributed by atoms with Gasteiger partial charge in [0.25, 0.3) is 5.91 Å². The van der Waals surface area contributed by atoms with Crippen LogP contribution in [0, 0.1) is 5.92 Å². The summed E-state index contributed by atoms with van der Waals surface area (Å²) >= 11 is 0. The van der Waals surface area contributed by atoms with E-state index >= 15 is 0 Å². The van der Waals surface area contributed by atoms with Crippen LogP contribution in [0.3, 0.4) is 0 Å². The van der Waals surface area contributed by atoms with Crippen LogP contribution in [-0.4, -0.2) is 38.7 Å². The minimum atomic E-state index is -0.361. The van der Waals surface area contributed by atoms with Crippen LogP contribution < -0.4 is 0 Å². The third-order valence-corrected chi connectivity index (χ3v) is 6.64. The van der Waals surface area contributed by atoms with E-state index in [0.717, 1.165) is 41.0 Å². The second-order valence-electron chi connectivity index (χ2n) is 8.37. The number of hydrogen-bond acceptors (Lipinski definition) is 5. The average molecular weight is 401 g/mol. The molecule has 0 saturated heterocycles. The molecule has 7 nitrogen and oxygen atoms in total. The second kappa shape index (κ2) is 6.93. The molecule has 1 fully saturated rings. The van der Waals surface area contributed by atoms with Crippen molar-refractivity contribution < 1.29 is 9.21 Å². The van der Waals surface area contributed by atoms with Crippen molar-refractivity contribution in [2.45, 2.75) is 44.6 Å². The van der Waals surface area contributed by atoms with Gasteiger partial charge >= 0.3 is 0 Å². The van der Waals surface area contributed by atoms with Crippen LogP contribution >= 0.6 is 0 Å². The maximum atomic E-state index is 13.5. The lowest BCUT2D eigenvalue weighted by Crippen LogP contribution is -2.44. The highest BCUT2D eigenvalue weighted by Crippen LogP contribution is 2.37. The van der Waals surface area contributed by atoms with Crippen LogP contribution in [0.4, 0.5) is 0 Å². The summed E-state index contributed by atoms with van der Waals surface area (Å²) in [5.74, 6) is 1.24. The highest BCUT2D eigenvalue weighted by atomic mass is 16.3. The summed E-state index contributed by atoms with van der Waals surface area (Å²) in [5, 5.41) is 9.81. The van der Waals surface area contributed by atoms with E-state index in [2.05, 4.69) is 20.2 Å². The molecule has 30 heavy (non-hydrogen) atoms. The van der Waals surface area contributed by atoms with E-state index in [0.29, 0.717) is 24.6 Å². The number of fused-ring (bicyclic) bond motifs is 2. The Kier molecular flexibility index (Phi) is 4.07. The first-order valence-corrected chi connectivity index (χ1v) is 10.7. The molecule has 1 amide bonds. The molecule has 2 aliphatic heterocycles. The summed E-state index contributed by atoms with van der Waals surface area (Å²) in [6, 6.07) is 9.55. The van der Waals surface area contributed by atoms with Gasteiger partial charge in [0.05, 0.1) is 12.0 Å². The molecule has 1 saturated carbocycles. The Morgan fingerprint density at radius 2 is 2.03 bits per heavy atom. The number of benzene rings is 1. The van der Waals surface area contributed by atoms with E-state index in [1.54, 1.807) is 6.33 Å². The van der Waals surface area contributed by atoms with Crippen LogP contribution in [0.25, 0.3) is 11.0 Å². The largest absolute Gasteiger partial charge is 0.458 e. The van der Waals surface area contributed by atoms with Crippen molar-refractivity contribution in [2.24, 2.45) is 16.1 Å². The molecule has 2 aromatic heterocycles. The minimum Gasteiger partial charge on any atom is -0.458 e. The van der Waals surface area contributed by atoms with E-state index in [1.165, 1.54) is 25.0 Å². The number of imidazole rings is 1. The van der Waals surface area contributed by atoms with Gasteiger partial charge in [-0.3, -0.25) is 4.79 Å². The fourth-order valence-electron chi connectivity index (χ4n) is 4.73. The molecule has 4 heterocycles. The minimum absolute atomic E-state index is 0.0643. The summed E-state index contributed by atoms with van der Waals surface area (Å²) in [5.41, 5.74) is 4.43. The Morgan fingerprint density at radius 1 is 1.13 bits per heavy atom. The van der Waals surface area contributed by atoms with Gasteiger partial charge < -0.3 is 14.3 Å². The number of para-hydroxylation sites is 1. The Labute approximate surface area is 173 Å². The Balaban J connectivity index is 1.36. The predicted molar refractivity (Wildman–Crippen MR) is 114 cm³/mol. The number of aromatic nitrogens is 2. The van der Waals surface area contributed by atoms with Crippen molar-refractivity contribution in [3.05, 3.63) is 53.8 Å². The van der Waals surface area contributed by atoms with Gasteiger partial charge in [-0.05, 0) is 37.3 Å². The molecule has 3 aliphatic rings. The van der Waals surface area contributed by atoms with Gasteiger partial charge in [-0.25, -0.2) is 4.98 Å². The molecule has 6 rings (SSSR count). The first kappa shape index (κ1) is 17.6. The monoisotopic (exact) mass is 401 g/mol. The summed E-state index contributed by atoms with van der Waals surface area (Å²) in [6.07, 6.45) is 7.62. The second-order valence-corrected chi connectivity index (χ2v) is 8.37. The standard InChI is InChI=1S/C23H23N5O2/c29-23(18-9-8-16(26-27-18)14-5-3-6-14)28-11-10-17-21(25-13-24-17)22(28)20-12-15-4-1-2-7-19(15)30-20/h1-2,4,7,12-14,22H,3,5-6,8-11H2,(H,24,25)/t22-/m1/s1. The number of aromatic amines is 1. The van der Waals surface area contributed by atoms with E-state index in [1.807, 2.05) is 35.2 Å². The first-order valence-electron chi connectivity index (χ1n) is 10.7. The molecule has 3 aromatic rings. The topological polar surface area (TPSA) is 86.9 Å². The molecule has 1 atom stereocenters. The smallest absolute Gasteiger partial charge is 0.271 e. The third kappa shape index (κ3) is 2.80. The third-order valence-electron chi connectivity index (χ3n) is 6.64. The van der Waals surface area contributed by atoms with Crippen molar-refractivity contribution in [3.8, 4) is 0 Å². The number of amides is 1. The summed E-state index contributed by atoms with van der Waals surface area (Å²) < 4.78 is 6.16. The molecule has 1 N–H and O–H groups in total. The fourth-order valence-corrected chi connectivity index (χ4v) is 4.73. The summed E-state index contributed by atoms with van der Waals surface area (Å²) in [4.78, 5) is 23.1. The van der Waals surface area contributed by atoms with Crippen LogP contribution in [0.1, 0.15) is 55.3 Å². The number of nitrogens with zero attached hydrogens (tertiary/aromatic N) is 4. The average Bonchev–Trinajstić information content (AvgIpc) is 3.38. The van der Waals surface area contributed by atoms with Gasteiger partial charge in [0.2, 0.25) is 0 Å². The SMILES string of the molecule is O=C(C1=NN=C(C2CCC2)CC1)N1CCc2[nH]cnc2[C@H]1c1cc2ccccc2o1. The number of hydrogen-bond donors (Lipinski definition) is 1. The zero-order valence-electron chi connectivity index (χ0n) is 16.7. The van der Waals surface area contributed by atoms with Crippen molar-refractivity contribution in [3.63, 3.8) is 0 Å². The molecule has 0 bridgehead atoms. The molecule has 0 radical (unpaired) electrons. The summed E-state index contributed by atoms with van der Waals surface area (Å²) in [6.45, 7) is 0.591. The van der Waals surface area contributed by atoms with Crippen LogP contribution in [0.5, 0.6) is 0 Å². The number of nitrogens with one attached hydrogen (secondary N) is 1. The lowest BCUT2D eigenvalue weighted by Gasteiger charge is -2.34. The van der Waals surface area contributed by atoms with Gasteiger partial charge in [0, 0.05) is 36.2 Å². The zero-order chi connectivity index (χ0) is 20.1. The van der Waals surface area contributed by atoms with E-state index in [4.69, 9.17) is 4.42 Å². The van der Waals surface area contributed by atoms with Crippen LogP contribution in [-0.2, 0) is 11.2 Å². The van der Waals surface area contributed by atoms with E-state index in [-0.39, 0.29) is 11.9 Å². The number of carbonyl (C=O) groups excluding carboxylic acids is 1. The van der Waals surface area contributed by atoms with E-state index < -0.39 is 0 Å². The predicted octanol–water partition coefficient (Wildman–Crippen LogP) is 4.02. The maximum Gasteiger partial charge on any atom is 0.271 e. The summed E-state index contributed by atoms with van der Waals surface area (Å²) in [7, 11) is 0. The molecular weight excluding hydrogens is 378 g/mol. The van der Waals surface area contributed by atoms with Gasteiger partial charge in [-0.15, -0.1) is 5.10 Å². The quantitative estimate of drug-likeness (QED) is 0.719. The fraction of sp³-hybridized carbons (Fsp3) is 0.391. The Morgan fingerprint density at radius 3 is 2.80 bits per heavy atom. The molecule has 1 aliphatic carbocycles. The van der Waals surface area contributed by atoms with E-state index in [9.17, 15) is 4.79 Å². The Hall–Kier alpha value is -3.22. The normalized spacial score (nSPS) is 21.7. The zero-order valence-corrected chi connectivity index (χ0v) is 16.7. The Bertz CT molecular complexity index is 1150. The van der Waals surface area contributed by atoms with Gasteiger partial charge in [-0.2, -0.15) is 5.10 Å². The highest BCUT2D eigenvalue weighted by Gasteiger charge is 2.38. The van der Waals surface area contributed by atoms with Crippen LogP contribution in [0.2, 0.25) is 0 Å². The first-order chi connectivity index (χ1) is 14.8. The maximum absolute atomic E-state index is 13.5. The molecule has 152 valence electrons. The highest BCUT2D eigenvalue weighted by molar-refractivity contribution is 6.39. The number of furan rings is 1. The van der Waals surface area contributed by atoms with Gasteiger partial charge in [0.15, 0.2) is 0 Å². The lowest BCUT2D eigenvalue weighted by molar-refractivity contribution is -0.126. The number of H-pyrrole nitrogens is 1. The molecule has 0 unspecified atom stereocenters. The lowest BCUT2D eigenvalue weighted by atomic mass is 9.80. The number of rotatable bonds is 3.